The van der Waals surface area contributed by atoms with Gasteiger partial charge in [0.2, 0.25) is 0 Å². The molecule has 1 fully saturated rings. The van der Waals surface area contributed by atoms with Gasteiger partial charge in [-0.25, -0.2) is 0 Å². The molecule has 0 amide bonds. The second-order valence-corrected chi connectivity index (χ2v) is 5.27. The second kappa shape index (κ2) is 6.46. The third kappa shape index (κ3) is 5.50. The molecule has 0 radical (unpaired) electrons. The minimum atomic E-state index is 0.299. The minimum Gasteiger partial charge on any atom is -0.327 e. The summed E-state index contributed by atoms with van der Waals surface area (Å²) < 4.78 is 0. The Bertz CT molecular complexity index is 162. The van der Waals surface area contributed by atoms with E-state index in [4.69, 9.17) is 5.73 Å². The SMILES string of the molecule is CC(N)CN(C)CCC1CCN(C)CC1. The first-order chi connectivity index (χ1) is 7.08. The number of likely N-dealkylation sites (tertiary alicyclic amines) is 1. The lowest BCUT2D eigenvalue weighted by atomic mass is 9.94. The molecule has 0 aromatic heterocycles. The van der Waals surface area contributed by atoms with Crippen LogP contribution in [0.2, 0.25) is 0 Å². The van der Waals surface area contributed by atoms with Crippen LogP contribution in [0.5, 0.6) is 0 Å². The molecule has 1 aliphatic rings. The molecule has 0 bridgehead atoms. The van der Waals surface area contributed by atoms with Gasteiger partial charge in [0.25, 0.3) is 0 Å². The molecule has 3 nitrogen and oxygen atoms in total. The topological polar surface area (TPSA) is 32.5 Å². The Morgan fingerprint density at radius 1 is 1.40 bits per heavy atom. The number of hydrogen-bond acceptors (Lipinski definition) is 3. The first-order valence-corrected chi connectivity index (χ1v) is 6.20. The van der Waals surface area contributed by atoms with Gasteiger partial charge < -0.3 is 15.5 Å². The fourth-order valence-electron chi connectivity index (χ4n) is 2.34. The van der Waals surface area contributed by atoms with E-state index in [0.29, 0.717) is 6.04 Å². The lowest BCUT2D eigenvalue weighted by Gasteiger charge is -2.30. The van der Waals surface area contributed by atoms with Crippen LogP contribution in [0.15, 0.2) is 0 Å². The normalized spacial score (nSPS) is 22.2. The Kier molecular flexibility index (Phi) is 5.58. The van der Waals surface area contributed by atoms with E-state index in [-0.39, 0.29) is 0 Å². The molecular weight excluding hydrogens is 186 g/mol. The summed E-state index contributed by atoms with van der Waals surface area (Å²) in [6, 6.07) is 0.299. The van der Waals surface area contributed by atoms with Crippen molar-refractivity contribution in [3.05, 3.63) is 0 Å². The van der Waals surface area contributed by atoms with E-state index < -0.39 is 0 Å². The molecule has 1 saturated heterocycles. The molecular formula is C12H27N3. The lowest BCUT2D eigenvalue weighted by Crippen LogP contribution is -2.35. The molecule has 1 atom stereocenters. The van der Waals surface area contributed by atoms with Crippen LogP contribution in [0, 0.1) is 5.92 Å². The Hall–Kier alpha value is -0.120. The zero-order valence-electron chi connectivity index (χ0n) is 10.6. The van der Waals surface area contributed by atoms with Crippen LogP contribution in [0.1, 0.15) is 26.2 Å². The highest BCUT2D eigenvalue weighted by Gasteiger charge is 2.16. The quantitative estimate of drug-likeness (QED) is 0.739. The van der Waals surface area contributed by atoms with Crippen LogP contribution < -0.4 is 5.73 Å². The molecule has 15 heavy (non-hydrogen) atoms. The summed E-state index contributed by atoms with van der Waals surface area (Å²) in [6.45, 7) is 6.86. The van der Waals surface area contributed by atoms with Crippen LogP contribution in [0.4, 0.5) is 0 Å². The Morgan fingerprint density at radius 3 is 2.53 bits per heavy atom. The Labute approximate surface area is 94.6 Å². The van der Waals surface area contributed by atoms with Crippen molar-refractivity contribution < 1.29 is 0 Å². The summed E-state index contributed by atoms with van der Waals surface area (Å²) in [5.74, 6) is 0.941. The predicted molar refractivity (Wildman–Crippen MR) is 66.0 cm³/mol. The van der Waals surface area contributed by atoms with Gasteiger partial charge in [0, 0.05) is 12.6 Å². The molecule has 0 aromatic carbocycles. The Morgan fingerprint density at radius 2 is 2.00 bits per heavy atom. The zero-order valence-corrected chi connectivity index (χ0v) is 10.6. The fraction of sp³-hybridized carbons (Fsp3) is 1.00. The predicted octanol–water partition coefficient (Wildman–Crippen LogP) is 0.997. The molecule has 1 rings (SSSR count). The highest BCUT2D eigenvalue weighted by Crippen LogP contribution is 2.19. The monoisotopic (exact) mass is 213 g/mol. The maximum Gasteiger partial charge on any atom is 0.0139 e. The van der Waals surface area contributed by atoms with Crippen molar-refractivity contribution >= 4 is 0 Å². The number of hydrogen-bond donors (Lipinski definition) is 1. The van der Waals surface area contributed by atoms with Gasteiger partial charge in [0.1, 0.15) is 0 Å². The van der Waals surface area contributed by atoms with Crippen molar-refractivity contribution in [2.75, 3.05) is 40.3 Å². The first-order valence-electron chi connectivity index (χ1n) is 6.20. The fourth-order valence-corrected chi connectivity index (χ4v) is 2.34. The maximum atomic E-state index is 5.77. The van der Waals surface area contributed by atoms with Gasteiger partial charge in [0.05, 0.1) is 0 Å². The number of nitrogens with zero attached hydrogens (tertiary/aromatic N) is 2. The lowest BCUT2D eigenvalue weighted by molar-refractivity contribution is 0.194. The number of likely N-dealkylation sites (N-methyl/N-ethyl adjacent to an activating group) is 1. The van der Waals surface area contributed by atoms with E-state index in [9.17, 15) is 0 Å². The number of nitrogens with two attached hydrogens (primary N) is 1. The average Bonchev–Trinajstić information content (AvgIpc) is 2.16. The van der Waals surface area contributed by atoms with E-state index >= 15 is 0 Å². The van der Waals surface area contributed by atoms with E-state index in [1.165, 1.54) is 38.9 Å². The van der Waals surface area contributed by atoms with Crippen molar-refractivity contribution in [3.63, 3.8) is 0 Å². The highest BCUT2D eigenvalue weighted by molar-refractivity contribution is 4.71. The molecule has 1 unspecified atom stereocenters. The molecule has 0 aliphatic carbocycles. The molecule has 90 valence electrons. The number of rotatable bonds is 5. The van der Waals surface area contributed by atoms with E-state index in [0.717, 1.165) is 12.5 Å². The van der Waals surface area contributed by atoms with Crippen molar-refractivity contribution in [1.29, 1.82) is 0 Å². The largest absolute Gasteiger partial charge is 0.327 e. The van der Waals surface area contributed by atoms with Crippen molar-refractivity contribution in [2.45, 2.75) is 32.2 Å². The maximum absolute atomic E-state index is 5.77. The summed E-state index contributed by atoms with van der Waals surface area (Å²) in [5, 5.41) is 0. The molecule has 2 N–H and O–H groups in total. The van der Waals surface area contributed by atoms with Gasteiger partial charge in [-0.1, -0.05) is 0 Å². The minimum absolute atomic E-state index is 0.299. The van der Waals surface area contributed by atoms with Crippen LogP contribution >= 0.6 is 0 Å². The van der Waals surface area contributed by atoms with Crippen molar-refractivity contribution in [2.24, 2.45) is 11.7 Å². The average molecular weight is 213 g/mol. The smallest absolute Gasteiger partial charge is 0.0139 e. The summed E-state index contributed by atoms with van der Waals surface area (Å²) in [5.41, 5.74) is 5.77. The third-order valence-corrected chi connectivity index (χ3v) is 3.36. The van der Waals surface area contributed by atoms with E-state index in [2.05, 4.69) is 30.8 Å². The van der Waals surface area contributed by atoms with Gasteiger partial charge >= 0.3 is 0 Å². The standard InChI is InChI=1S/C12H27N3/c1-11(13)10-15(3)9-6-12-4-7-14(2)8-5-12/h11-12H,4-10,13H2,1-3H3. The van der Waals surface area contributed by atoms with Crippen LogP contribution in [-0.4, -0.2) is 56.1 Å². The van der Waals surface area contributed by atoms with Crippen LogP contribution in [-0.2, 0) is 0 Å². The summed E-state index contributed by atoms with van der Waals surface area (Å²) in [6.07, 6.45) is 4.10. The summed E-state index contributed by atoms with van der Waals surface area (Å²) in [4.78, 5) is 4.80. The molecule has 3 heteroatoms. The third-order valence-electron chi connectivity index (χ3n) is 3.36. The second-order valence-electron chi connectivity index (χ2n) is 5.27. The van der Waals surface area contributed by atoms with E-state index in [1.807, 2.05) is 0 Å². The van der Waals surface area contributed by atoms with Crippen molar-refractivity contribution in [1.82, 2.24) is 9.80 Å². The van der Waals surface area contributed by atoms with E-state index in [1.54, 1.807) is 0 Å². The van der Waals surface area contributed by atoms with Crippen LogP contribution in [0.25, 0.3) is 0 Å². The van der Waals surface area contributed by atoms with Gasteiger partial charge in [-0.3, -0.25) is 0 Å². The molecule has 0 spiro atoms. The Balaban J connectivity index is 2.09. The van der Waals surface area contributed by atoms with Gasteiger partial charge in [0.15, 0.2) is 0 Å². The summed E-state index contributed by atoms with van der Waals surface area (Å²) in [7, 11) is 4.40. The number of piperidine rings is 1. The van der Waals surface area contributed by atoms with Gasteiger partial charge in [-0.2, -0.15) is 0 Å². The van der Waals surface area contributed by atoms with Gasteiger partial charge in [-0.15, -0.1) is 0 Å². The molecule has 0 aromatic rings. The highest BCUT2D eigenvalue weighted by atomic mass is 15.1. The molecule has 1 aliphatic heterocycles. The van der Waals surface area contributed by atoms with Crippen LogP contribution in [0.3, 0.4) is 0 Å². The molecule has 0 saturated carbocycles. The molecule has 1 heterocycles. The zero-order chi connectivity index (χ0) is 11.3. The van der Waals surface area contributed by atoms with Crippen molar-refractivity contribution in [3.8, 4) is 0 Å². The summed E-state index contributed by atoms with van der Waals surface area (Å²) >= 11 is 0. The first kappa shape index (κ1) is 12.9. The van der Waals surface area contributed by atoms with Gasteiger partial charge in [-0.05, 0) is 65.8 Å².